The summed E-state index contributed by atoms with van der Waals surface area (Å²) in [6.07, 6.45) is 0. The highest BCUT2D eigenvalue weighted by molar-refractivity contribution is 7.80. The largest absolute Gasteiger partial charge is 0.494 e. The highest BCUT2D eigenvalue weighted by Crippen LogP contribution is 2.27. The van der Waals surface area contributed by atoms with Crippen LogP contribution in [0.2, 0.25) is 0 Å². The summed E-state index contributed by atoms with van der Waals surface area (Å²) in [6.45, 7) is 4.49. The minimum absolute atomic E-state index is 0.209. The van der Waals surface area contributed by atoms with Crippen LogP contribution < -0.4 is 15.4 Å². The normalized spacial score (nSPS) is 10.6. The zero-order valence-corrected chi connectivity index (χ0v) is 18.0. The second-order valence-corrected chi connectivity index (χ2v) is 7.34. The molecule has 0 saturated heterocycles. The lowest BCUT2D eigenvalue weighted by molar-refractivity contribution is 0.0977. The van der Waals surface area contributed by atoms with Crippen LogP contribution in [0.3, 0.4) is 0 Å². The average Bonchev–Trinajstić information content (AvgIpc) is 3.18. The van der Waals surface area contributed by atoms with Crippen molar-refractivity contribution in [2.75, 3.05) is 11.9 Å². The lowest BCUT2D eigenvalue weighted by Gasteiger charge is -2.09. The van der Waals surface area contributed by atoms with Crippen LogP contribution in [-0.2, 0) is 0 Å². The number of hydrogen-bond acceptors (Lipinski definition) is 5. The van der Waals surface area contributed by atoms with Gasteiger partial charge in [-0.05, 0) is 80.7 Å². The fourth-order valence-electron chi connectivity index (χ4n) is 3.11. The molecule has 1 aromatic heterocycles. The van der Waals surface area contributed by atoms with E-state index in [1.807, 2.05) is 74.5 Å². The van der Waals surface area contributed by atoms with Crippen molar-refractivity contribution in [1.82, 2.24) is 10.3 Å². The molecule has 1 amide bonds. The number of oxazole rings is 1. The van der Waals surface area contributed by atoms with Gasteiger partial charge in [0.15, 0.2) is 10.7 Å². The number of ether oxygens (including phenoxy) is 1. The molecule has 1 heterocycles. The molecular formula is C24H21N3O3S. The number of carbonyl (C=O) groups is 1. The number of aromatic nitrogens is 1. The molecule has 3 aromatic carbocycles. The Morgan fingerprint density at radius 2 is 1.90 bits per heavy atom. The maximum Gasteiger partial charge on any atom is 0.257 e. The van der Waals surface area contributed by atoms with Gasteiger partial charge in [0.2, 0.25) is 5.89 Å². The Hall–Kier alpha value is -3.71. The number of nitrogens with one attached hydrogen (secondary N) is 2. The van der Waals surface area contributed by atoms with Gasteiger partial charge in [-0.3, -0.25) is 10.1 Å². The Bertz CT molecular complexity index is 1250. The molecule has 31 heavy (non-hydrogen) atoms. The van der Waals surface area contributed by atoms with Crippen molar-refractivity contribution in [1.29, 1.82) is 0 Å². The van der Waals surface area contributed by atoms with Crippen LogP contribution in [0.1, 0.15) is 22.8 Å². The lowest BCUT2D eigenvalue weighted by atomic mass is 10.1. The molecule has 0 atom stereocenters. The smallest absolute Gasteiger partial charge is 0.257 e. The molecular weight excluding hydrogens is 410 g/mol. The maximum absolute atomic E-state index is 12.4. The summed E-state index contributed by atoms with van der Waals surface area (Å²) in [7, 11) is 0. The molecule has 156 valence electrons. The van der Waals surface area contributed by atoms with Crippen molar-refractivity contribution in [3.8, 4) is 17.2 Å². The molecule has 0 aliphatic rings. The van der Waals surface area contributed by atoms with Gasteiger partial charge in [0.05, 0.1) is 6.61 Å². The highest BCUT2D eigenvalue weighted by atomic mass is 32.1. The van der Waals surface area contributed by atoms with Crippen LogP contribution in [0.4, 0.5) is 5.69 Å². The quantitative estimate of drug-likeness (QED) is 0.416. The fourth-order valence-corrected chi connectivity index (χ4v) is 3.32. The highest BCUT2D eigenvalue weighted by Gasteiger charge is 2.11. The minimum atomic E-state index is -0.263. The number of fused-ring (bicyclic) bond motifs is 1. The van der Waals surface area contributed by atoms with E-state index in [1.54, 1.807) is 6.07 Å². The molecule has 2 N–H and O–H groups in total. The van der Waals surface area contributed by atoms with Crippen molar-refractivity contribution >= 4 is 40.0 Å². The summed E-state index contributed by atoms with van der Waals surface area (Å²) in [5.41, 5.74) is 4.46. The molecule has 0 saturated carbocycles. The van der Waals surface area contributed by atoms with Gasteiger partial charge in [0.1, 0.15) is 11.3 Å². The molecule has 6 nitrogen and oxygen atoms in total. The van der Waals surface area contributed by atoms with Crippen LogP contribution >= 0.6 is 12.2 Å². The first-order valence-corrected chi connectivity index (χ1v) is 10.3. The Morgan fingerprint density at radius 3 is 2.65 bits per heavy atom. The zero-order valence-electron chi connectivity index (χ0n) is 17.1. The van der Waals surface area contributed by atoms with Crippen LogP contribution in [0.15, 0.2) is 71.1 Å². The monoisotopic (exact) mass is 431 g/mol. The van der Waals surface area contributed by atoms with E-state index in [9.17, 15) is 4.79 Å². The van der Waals surface area contributed by atoms with Gasteiger partial charge in [-0.2, -0.15) is 0 Å². The van der Waals surface area contributed by atoms with E-state index in [1.165, 1.54) is 0 Å². The number of rotatable bonds is 5. The van der Waals surface area contributed by atoms with Gasteiger partial charge in [0, 0.05) is 16.8 Å². The molecule has 0 fully saturated rings. The molecule has 0 radical (unpaired) electrons. The van der Waals surface area contributed by atoms with Crippen molar-refractivity contribution < 1.29 is 13.9 Å². The van der Waals surface area contributed by atoms with E-state index in [2.05, 4.69) is 15.6 Å². The van der Waals surface area contributed by atoms with Gasteiger partial charge in [-0.25, -0.2) is 4.98 Å². The summed E-state index contributed by atoms with van der Waals surface area (Å²) in [5, 5.41) is 5.92. The molecule has 4 rings (SSSR count). The number of carbonyl (C=O) groups excluding carboxylic acids is 1. The van der Waals surface area contributed by atoms with Gasteiger partial charge < -0.3 is 14.5 Å². The molecule has 0 unspecified atom stereocenters. The van der Waals surface area contributed by atoms with E-state index < -0.39 is 0 Å². The zero-order chi connectivity index (χ0) is 21.8. The van der Waals surface area contributed by atoms with Crippen LogP contribution in [0.25, 0.3) is 22.6 Å². The number of thiocarbonyl (C=S) groups is 1. The first-order chi connectivity index (χ1) is 15.0. The van der Waals surface area contributed by atoms with Gasteiger partial charge >= 0.3 is 0 Å². The van der Waals surface area contributed by atoms with E-state index in [4.69, 9.17) is 21.4 Å². The molecule has 0 aliphatic heterocycles. The third kappa shape index (κ3) is 4.90. The molecule has 4 aromatic rings. The van der Waals surface area contributed by atoms with Gasteiger partial charge in [-0.15, -0.1) is 0 Å². The summed E-state index contributed by atoms with van der Waals surface area (Å²) in [5.74, 6) is 1.06. The van der Waals surface area contributed by atoms with Crippen LogP contribution in [0, 0.1) is 6.92 Å². The molecule has 0 bridgehead atoms. The summed E-state index contributed by atoms with van der Waals surface area (Å²) in [6, 6.07) is 20.4. The Labute approximate surface area is 185 Å². The number of hydrogen-bond donors (Lipinski definition) is 2. The van der Waals surface area contributed by atoms with E-state index >= 15 is 0 Å². The number of amides is 1. The lowest BCUT2D eigenvalue weighted by Crippen LogP contribution is -2.34. The minimum Gasteiger partial charge on any atom is -0.494 e. The van der Waals surface area contributed by atoms with E-state index in [0.29, 0.717) is 34.8 Å². The van der Waals surface area contributed by atoms with Crippen molar-refractivity contribution in [2.24, 2.45) is 0 Å². The number of benzene rings is 3. The second-order valence-electron chi connectivity index (χ2n) is 6.94. The first-order valence-electron chi connectivity index (χ1n) is 9.84. The average molecular weight is 432 g/mol. The number of anilines is 1. The molecule has 0 aliphatic carbocycles. The standard InChI is InChI=1S/C24H21N3O3S/c1-3-29-19-10-7-16(8-11-19)23-26-20-14-18(9-12-21(20)30-23)25-24(31)27-22(28)17-6-4-5-15(2)13-17/h4-14H,3H2,1-2H3,(H2,25,27,28,31). The predicted molar refractivity (Wildman–Crippen MR) is 125 cm³/mol. The van der Waals surface area contributed by atoms with Gasteiger partial charge in [-0.1, -0.05) is 17.7 Å². The maximum atomic E-state index is 12.4. The third-order valence-electron chi connectivity index (χ3n) is 4.57. The topological polar surface area (TPSA) is 76.4 Å². The second kappa shape index (κ2) is 8.97. The molecule has 0 spiro atoms. The fraction of sp³-hybridized carbons (Fsp3) is 0.125. The SMILES string of the molecule is CCOc1ccc(-c2nc3cc(NC(=S)NC(=O)c4cccc(C)c4)ccc3o2)cc1. The summed E-state index contributed by atoms with van der Waals surface area (Å²) >= 11 is 5.28. The van der Waals surface area contributed by atoms with Crippen LogP contribution in [-0.4, -0.2) is 22.6 Å². The predicted octanol–water partition coefficient (Wildman–Crippen LogP) is 5.33. The van der Waals surface area contributed by atoms with E-state index in [-0.39, 0.29) is 11.0 Å². The summed E-state index contributed by atoms with van der Waals surface area (Å²) in [4.78, 5) is 16.9. The van der Waals surface area contributed by atoms with Crippen LogP contribution in [0.5, 0.6) is 5.75 Å². The Morgan fingerprint density at radius 1 is 1.10 bits per heavy atom. The number of nitrogens with zero attached hydrogens (tertiary/aromatic N) is 1. The summed E-state index contributed by atoms with van der Waals surface area (Å²) < 4.78 is 11.3. The Balaban J connectivity index is 1.46. The first kappa shape index (κ1) is 20.6. The van der Waals surface area contributed by atoms with Crippen molar-refractivity contribution in [3.63, 3.8) is 0 Å². The number of aryl methyl sites for hydroxylation is 1. The Kier molecular flexibility index (Phi) is 5.95. The third-order valence-corrected chi connectivity index (χ3v) is 4.77. The van der Waals surface area contributed by atoms with E-state index in [0.717, 1.165) is 16.9 Å². The van der Waals surface area contributed by atoms with Crippen molar-refractivity contribution in [2.45, 2.75) is 13.8 Å². The molecule has 7 heteroatoms. The van der Waals surface area contributed by atoms with Crippen molar-refractivity contribution in [3.05, 3.63) is 77.9 Å². The van der Waals surface area contributed by atoms with Gasteiger partial charge in [0.25, 0.3) is 5.91 Å².